The number of rotatable bonds is 6. The molecule has 0 amide bonds. The molecule has 1 heterocycles. The zero-order chi connectivity index (χ0) is 18.4. The molecule has 0 aromatic heterocycles. The summed E-state index contributed by atoms with van der Waals surface area (Å²) >= 11 is 0. The summed E-state index contributed by atoms with van der Waals surface area (Å²) in [7, 11) is 1.65. The van der Waals surface area contributed by atoms with Crippen molar-refractivity contribution in [3.63, 3.8) is 0 Å². The quantitative estimate of drug-likeness (QED) is 0.855. The van der Waals surface area contributed by atoms with Gasteiger partial charge in [0, 0.05) is 19.6 Å². The van der Waals surface area contributed by atoms with Gasteiger partial charge in [-0.05, 0) is 55.3 Å². The van der Waals surface area contributed by atoms with Crippen molar-refractivity contribution in [3.8, 4) is 11.5 Å². The van der Waals surface area contributed by atoms with Crippen molar-refractivity contribution in [2.75, 3.05) is 39.9 Å². The van der Waals surface area contributed by atoms with E-state index in [2.05, 4.69) is 16.3 Å². The number of hydrogen-bond acceptors (Lipinski definition) is 4. The molecule has 1 aliphatic heterocycles. The Kier molecular flexibility index (Phi) is 6.47. The van der Waals surface area contributed by atoms with E-state index in [1.807, 2.05) is 25.1 Å². The van der Waals surface area contributed by atoms with Gasteiger partial charge < -0.3 is 14.8 Å². The minimum absolute atomic E-state index is 0.0184. The Morgan fingerprint density at radius 3 is 2.69 bits per heavy atom. The molecular weight excluding hydrogens is 331 g/mol. The first kappa shape index (κ1) is 18.7. The molecule has 0 spiro atoms. The summed E-state index contributed by atoms with van der Waals surface area (Å²) in [4.78, 5) is 2.41. The van der Waals surface area contributed by atoms with E-state index in [4.69, 9.17) is 9.47 Å². The maximum Gasteiger partial charge on any atom is 0.161 e. The van der Waals surface area contributed by atoms with Crippen LogP contribution >= 0.6 is 0 Å². The average molecular weight is 358 g/mol. The van der Waals surface area contributed by atoms with Crippen LogP contribution in [0.5, 0.6) is 11.5 Å². The van der Waals surface area contributed by atoms with Crippen LogP contribution in [-0.4, -0.2) is 44.8 Å². The van der Waals surface area contributed by atoms with Gasteiger partial charge >= 0.3 is 0 Å². The standard InChI is InChI=1S/C21H27FN2O2/c1-3-26-19-9-8-17(15-20(19)25-2)21(16-6-4-7-18(22)14-16)24-12-5-10-23-11-13-24/h4,6-9,14-15,21,23H,3,5,10-13H2,1-2H3. The Labute approximate surface area is 154 Å². The van der Waals surface area contributed by atoms with Crippen LogP contribution in [0.3, 0.4) is 0 Å². The largest absolute Gasteiger partial charge is 0.493 e. The molecule has 26 heavy (non-hydrogen) atoms. The Morgan fingerprint density at radius 1 is 1.08 bits per heavy atom. The van der Waals surface area contributed by atoms with Gasteiger partial charge in [-0.2, -0.15) is 0 Å². The SMILES string of the molecule is CCOc1ccc(C(c2cccc(F)c2)N2CCCNCC2)cc1OC. The molecule has 5 heteroatoms. The van der Waals surface area contributed by atoms with Gasteiger partial charge in [0.25, 0.3) is 0 Å². The molecule has 0 aliphatic carbocycles. The molecule has 0 bridgehead atoms. The van der Waals surface area contributed by atoms with E-state index >= 15 is 0 Å². The highest BCUT2D eigenvalue weighted by atomic mass is 19.1. The minimum atomic E-state index is -0.210. The summed E-state index contributed by atoms with van der Waals surface area (Å²) in [5.74, 6) is 1.23. The molecule has 0 radical (unpaired) electrons. The van der Waals surface area contributed by atoms with E-state index in [1.54, 1.807) is 19.2 Å². The van der Waals surface area contributed by atoms with Gasteiger partial charge in [0.2, 0.25) is 0 Å². The molecule has 1 unspecified atom stereocenters. The first-order chi connectivity index (χ1) is 12.7. The van der Waals surface area contributed by atoms with Crippen molar-refractivity contribution in [2.45, 2.75) is 19.4 Å². The van der Waals surface area contributed by atoms with Crippen LogP contribution in [0, 0.1) is 5.82 Å². The van der Waals surface area contributed by atoms with E-state index in [-0.39, 0.29) is 11.9 Å². The van der Waals surface area contributed by atoms with Crippen LogP contribution in [0.1, 0.15) is 30.5 Å². The highest BCUT2D eigenvalue weighted by Gasteiger charge is 2.24. The van der Waals surface area contributed by atoms with Gasteiger partial charge in [-0.25, -0.2) is 4.39 Å². The summed E-state index contributed by atoms with van der Waals surface area (Å²) in [6.07, 6.45) is 1.07. The molecule has 1 fully saturated rings. The summed E-state index contributed by atoms with van der Waals surface area (Å²) in [6, 6.07) is 12.9. The third-order valence-electron chi connectivity index (χ3n) is 4.71. The molecule has 1 atom stereocenters. The predicted molar refractivity (Wildman–Crippen MR) is 101 cm³/mol. The molecule has 140 valence electrons. The first-order valence-electron chi connectivity index (χ1n) is 9.24. The van der Waals surface area contributed by atoms with Gasteiger partial charge in [0.1, 0.15) is 5.82 Å². The lowest BCUT2D eigenvalue weighted by Crippen LogP contribution is -2.33. The number of ether oxygens (including phenoxy) is 2. The highest BCUT2D eigenvalue weighted by Crippen LogP contribution is 2.35. The lowest BCUT2D eigenvalue weighted by Gasteiger charge is -2.31. The second-order valence-corrected chi connectivity index (χ2v) is 6.44. The Balaban J connectivity index is 2.02. The normalized spacial score (nSPS) is 16.7. The smallest absolute Gasteiger partial charge is 0.161 e. The van der Waals surface area contributed by atoms with Crippen LogP contribution in [0.4, 0.5) is 4.39 Å². The number of methoxy groups -OCH3 is 1. The van der Waals surface area contributed by atoms with E-state index in [0.717, 1.165) is 49.5 Å². The lowest BCUT2D eigenvalue weighted by molar-refractivity contribution is 0.239. The first-order valence-corrected chi connectivity index (χ1v) is 9.24. The van der Waals surface area contributed by atoms with Crippen molar-refractivity contribution in [1.82, 2.24) is 10.2 Å². The Morgan fingerprint density at radius 2 is 1.92 bits per heavy atom. The van der Waals surface area contributed by atoms with E-state index in [9.17, 15) is 4.39 Å². The molecule has 2 aromatic carbocycles. The maximum atomic E-state index is 13.9. The number of hydrogen-bond donors (Lipinski definition) is 1. The van der Waals surface area contributed by atoms with Gasteiger partial charge in [-0.3, -0.25) is 4.90 Å². The molecule has 4 nitrogen and oxygen atoms in total. The molecule has 3 rings (SSSR count). The van der Waals surface area contributed by atoms with Crippen LogP contribution in [-0.2, 0) is 0 Å². The minimum Gasteiger partial charge on any atom is -0.493 e. The van der Waals surface area contributed by atoms with Crippen LogP contribution in [0.2, 0.25) is 0 Å². The average Bonchev–Trinajstić information content (AvgIpc) is 2.93. The fraction of sp³-hybridized carbons (Fsp3) is 0.429. The highest BCUT2D eigenvalue weighted by molar-refractivity contribution is 5.46. The topological polar surface area (TPSA) is 33.7 Å². The zero-order valence-corrected chi connectivity index (χ0v) is 15.5. The van der Waals surface area contributed by atoms with Gasteiger partial charge in [0.15, 0.2) is 11.5 Å². The molecule has 2 aromatic rings. The third-order valence-corrected chi connectivity index (χ3v) is 4.71. The zero-order valence-electron chi connectivity index (χ0n) is 15.5. The van der Waals surface area contributed by atoms with Crippen molar-refractivity contribution in [1.29, 1.82) is 0 Å². The van der Waals surface area contributed by atoms with Crippen molar-refractivity contribution < 1.29 is 13.9 Å². The monoisotopic (exact) mass is 358 g/mol. The van der Waals surface area contributed by atoms with E-state index in [0.29, 0.717) is 12.4 Å². The van der Waals surface area contributed by atoms with Crippen molar-refractivity contribution in [3.05, 3.63) is 59.4 Å². The predicted octanol–water partition coefficient (Wildman–Crippen LogP) is 3.62. The summed E-state index contributed by atoms with van der Waals surface area (Å²) in [6.45, 7) is 6.35. The molecule has 1 saturated heterocycles. The second-order valence-electron chi connectivity index (χ2n) is 6.44. The van der Waals surface area contributed by atoms with E-state index < -0.39 is 0 Å². The summed E-state index contributed by atoms with van der Waals surface area (Å²) < 4.78 is 25.1. The summed E-state index contributed by atoms with van der Waals surface area (Å²) in [5, 5.41) is 3.43. The molecule has 1 aliphatic rings. The fourth-order valence-corrected chi connectivity index (χ4v) is 3.54. The number of benzene rings is 2. The Hall–Kier alpha value is -2.11. The maximum absolute atomic E-state index is 13.9. The number of nitrogens with zero attached hydrogens (tertiary/aromatic N) is 1. The number of nitrogens with one attached hydrogen (secondary N) is 1. The Bertz CT molecular complexity index is 715. The van der Waals surface area contributed by atoms with Crippen LogP contribution in [0.15, 0.2) is 42.5 Å². The molecular formula is C21H27FN2O2. The number of halogens is 1. The second kappa shape index (κ2) is 9.01. The van der Waals surface area contributed by atoms with Gasteiger partial charge in [0.05, 0.1) is 19.8 Å². The molecule has 1 N–H and O–H groups in total. The van der Waals surface area contributed by atoms with Crippen molar-refractivity contribution in [2.24, 2.45) is 0 Å². The van der Waals surface area contributed by atoms with Crippen molar-refractivity contribution >= 4 is 0 Å². The lowest BCUT2D eigenvalue weighted by atomic mass is 9.96. The van der Waals surface area contributed by atoms with Crippen LogP contribution in [0.25, 0.3) is 0 Å². The summed E-state index contributed by atoms with van der Waals surface area (Å²) in [5.41, 5.74) is 2.04. The van der Waals surface area contributed by atoms with Gasteiger partial charge in [-0.1, -0.05) is 18.2 Å². The molecule has 0 saturated carbocycles. The van der Waals surface area contributed by atoms with Gasteiger partial charge in [-0.15, -0.1) is 0 Å². The fourth-order valence-electron chi connectivity index (χ4n) is 3.54. The van der Waals surface area contributed by atoms with Crippen LogP contribution < -0.4 is 14.8 Å². The van der Waals surface area contributed by atoms with E-state index in [1.165, 1.54) is 6.07 Å². The third kappa shape index (κ3) is 4.34.